The van der Waals surface area contributed by atoms with Gasteiger partial charge in [0.2, 0.25) is 0 Å². The zero-order valence-electron chi connectivity index (χ0n) is 22.0. The molecular weight excluding hydrogens is 490 g/mol. The second-order valence-electron chi connectivity index (χ2n) is 9.08. The number of carbonyl (C=O) groups is 1. The molecule has 4 nitrogen and oxygen atoms in total. The Labute approximate surface area is 229 Å². The van der Waals surface area contributed by atoms with Crippen LogP contribution in [0.15, 0.2) is 103 Å². The summed E-state index contributed by atoms with van der Waals surface area (Å²) < 4.78 is 4.22. The third-order valence-electron chi connectivity index (χ3n) is 6.26. The van der Waals surface area contributed by atoms with Crippen molar-refractivity contribution in [2.24, 2.45) is 7.05 Å². The number of benzene rings is 2. The van der Waals surface area contributed by atoms with Crippen LogP contribution in [0.4, 0.5) is 0 Å². The predicted octanol–water partition coefficient (Wildman–Crippen LogP) is 8.34. The number of halogens is 1. The molecule has 0 spiro atoms. The molecule has 0 amide bonds. The fraction of sp³-hybridized carbons (Fsp3) is 0.152. The van der Waals surface area contributed by atoms with Crippen molar-refractivity contribution in [2.45, 2.75) is 26.8 Å². The molecule has 5 heteroatoms. The molecule has 0 bridgehead atoms. The Morgan fingerprint density at radius 1 is 1.05 bits per heavy atom. The van der Waals surface area contributed by atoms with Crippen molar-refractivity contribution in [1.29, 1.82) is 0 Å². The average Bonchev–Trinajstić information content (AvgIpc) is 3.53. The van der Waals surface area contributed by atoms with Crippen LogP contribution in [0.2, 0.25) is 5.02 Å². The van der Waals surface area contributed by atoms with E-state index >= 15 is 0 Å². The first kappa shape index (κ1) is 26.9. The molecule has 4 rings (SSSR count). The number of imidazole rings is 1. The van der Waals surface area contributed by atoms with E-state index in [2.05, 4.69) is 71.0 Å². The normalized spacial score (nSPS) is 12.4. The number of aryl methyl sites for hydroxylation is 2. The molecular formula is C33H32ClN3O. The van der Waals surface area contributed by atoms with Gasteiger partial charge in [-0.05, 0) is 60.4 Å². The van der Waals surface area contributed by atoms with E-state index in [4.69, 9.17) is 16.6 Å². The van der Waals surface area contributed by atoms with Gasteiger partial charge in [-0.2, -0.15) is 0 Å². The summed E-state index contributed by atoms with van der Waals surface area (Å²) in [7, 11) is 2.05. The summed E-state index contributed by atoms with van der Waals surface area (Å²) in [6.45, 7) is 4.70. The molecule has 0 radical (unpaired) electrons. The van der Waals surface area contributed by atoms with E-state index in [0.717, 1.165) is 40.9 Å². The van der Waals surface area contributed by atoms with Gasteiger partial charge in [-0.25, -0.2) is 4.98 Å². The van der Waals surface area contributed by atoms with Crippen LogP contribution in [-0.4, -0.2) is 20.4 Å². The number of allylic oxidation sites excluding steroid dienone is 6. The number of hydrogen-bond acceptors (Lipinski definition) is 2. The van der Waals surface area contributed by atoms with Crippen molar-refractivity contribution in [3.05, 3.63) is 125 Å². The van der Waals surface area contributed by atoms with Crippen LogP contribution in [0.3, 0.4) is 0 Å². The van der Waals surface area contributed by atoms with Gasteiger partial charge in [0.15, 0.2) is 0 Å². The van der Waals surface area contributed by atoms with E-state index in [-0.39, 0.29) is 0 Å². The molecule has 0 aliphatic carbocycles. The lowest BCUT2D eigenvalue weighted by molar-refractivity contribution is -0.104. The Balaban J connectivity index is 1.61. The topological polar surface area (TPSA) is 39.8 Å². The van der Waals surface area contributed by atoms with E-state index < -0.39 is 0 Å². The van der Waals surface area contributed by atoms with E-state index in [1.54, 1.807) is 0 Å². The summed E-state index contributed by atoms with van der Waals surface area (Å²) in [5, 5.41) is 0.711. The highest BCUT2D eigenvalue weighted by Crippen LogP contribution is 2.26. The van der Waals surface area contributed by atoms with Crippen molar-refractivity contribution in [3.8, 4) is 22.5 Å². The molecule has 2 heterocycles. The van der Waals surface area contributed by atoms with E-state index in [1.807, 2.05) is 68.5 Å². The van der Waals surface area contributed by atoms with Gasteiger partial charge in [0.25, 0.3) is 0 Å². The molecule has 38 heavy (non-hydrogen) atoms. The van der Waals surface area contributed by atoms with Gasteiger partial charge in [-0.1, -0.05) is 85.3 Å². The summed E-state index contributed by atoms with van der Waals surface area (Å²) in [6, 6.07) is 18.5. The van der Waals surface area contributed by atoms with Gasteiger partial charge >= 0.3 is 0 Å². The zero-order chi connectivity index (χ0) is 26.9. The zero-order valence-corrected chi connectivity index (χ0v) is 22.8. The molecule has 2 aromatic heterocycles. The number of hydrogen-bond donors (Lipinski definition) is 0. The number of rotatable bonds is 10. The SMILES string of the molecule is CC\C=C/C(C=O)=C\C=C\Cn1cc(-c2ccc(Cl)cc2C)nc1/C=C/c1ccc(-c2cccn2C)cc1. The molecule has 0 saturated heterocycles. The lowest BCUT2D eigenvalue weighted by Crippen LogP contribution is -1.96. The third kappa shape index (κ3) is 6.78. The monoisotopic (exact) mass is 521 g/mol. The van der Waals surface area contributed by atoms with Gasteiger partial charge in [0, 0.05) is 47.8 Å². The molecule has 0 fully saturated rings. The van der Waals surface area contributed by atoms with Crippen LogP contribution >= 0.6 is 11.6 Å². The lowest BCUT2D eigenvalue weighted by atomic mass is 10.1. The van der Waals surface area contributed by atoms with E-state index in [0.29, 0.717) is 17.1 Å². The third-order valence-corrected chi connectivity index (χ3v) is 6.49. The number of carbonyl (C=O) groups excluding carboxylic acids is 1. The Hall–Kier alpha value is -4.15. The van der Waals surface area contributed by atoms with Crippen molar-refractivity contribution in [3.63, 3.8) is 0 Å². The fourth-order valence-corrected chi connectivity index (χ4v) is 4.42. The molecule has 0 unspecified atom stereocenters. The summed E-state index contributed by atoms with van der Waals surface area (Å²) in [4.78, 5) is 16.2. The summed E-state index contributed by atoms with van der Waals surface area (Å²) in [5.74, 6) is 0.844. The van der Waals surface area contributed by atoms with Crippen LogP contribution in [0.25, 0.3) is 34.7 Å². The molecule has 2 aromatic carbocycles. The fourth-order valence-electron chi connectivity index (χ4n) is 4.19. The molecule has 0 aliphatic heterocycles. The minimum atomic E-state index is 0.617. The smallest absolute Gasteiger partial charge is 0.150 e. The minimum Gasteiger partial charge on any atom is -0.351 e. The van der Waals surface area contributed by atoms with Crippen LogP contribution in [0.5, 0.6) is 0 Å². The number of aldehydes is 1. The van der Waals surface area contributed by atoms with Crippen LogP contribution < -0.4 is 0 Å². The summed E-state index contributed by atoms with van der Waals surface area (Å²) in [5.41, 5.74) is 7.11. The highest BCUT2D eigenvalue weighted by molar-refractivity contribution is 6.30. The first-order valence-electron chi connectivity index (χ1n) is 12.7. The first-order chi connectivity index (χ1) is 18.5. The quantitative estimate of drug-likeness (QED) is 0.119. The number of aromatic nitrogens is 3. The Morgan fingerprint density at radius 2 is 1.87 bits per heavy atom. The standard InChI is InChI=1S/C33H32ClN3O/c1-4-5-9-27(24-38)10-6-7-21-37-23-31(30-18-17-29(34)22-25(30)2)35-33(37)19-14-26-12-15-28(16-13-26)32-11-8-20-36(32)3/h5-20,22-24H,4,21H2,1-3H3/b7-6+,9-5-,19-14+,27-10+. The molecule has 0 aliphatic rings. The first-order valence-corrected chi connectivity index (χ1v) is 13.1. The second-order valence-corrected chi connectivity index (χ2v) is 9.52. The van der Waals surface area contributed by atoms with Crippen molar-refractivity contribution in [1.82, 2.24) is 14.1 Å². The van der Waals surface area contributed by atoms with Gasteiger partial charge in [-0.3, -0.25) is 4.79 Å². The molecule has 0 saturated carbocycles. The second kappa shape index (κ2) is 12.9. The minimum absolute atomic E-state index is 0.617. The van der Waals surface area contributed by atoms with Gasteiger partial charge in [0.1, 0.15) is 12.1 Å². The highest BCUT2D eigenvalue weighted by atomic mass is 35.5. The van der Waals surface area contributed by atoms with Crippen molar-refractivity contribution >= 4 is 30.0 Å². The molecule has 4 aromatic rings. The van der Waals surface area contributed by atoms with Crippen molar-refractivity contribution < 1.29 is 4.79 Å². The Morgan fingerprint density at radius 3 is 2.55 bits per heavy atom. The Bertz CT molecular complexity index is 1510. The maximum absolute atomic E-state index is 11.3. The maximum Gasteiger partial charge on any atom is 0.150 e. The van der Waals surface area contributed by atoms with E-state index in [1.165, 1.54) is 11.3 Å². The van der Waals surface area contributed by atoms with Gasteiger partial charge < -0.3 is 9.13 Å². The van der Waals surface area contributed by atoms with Crippen LogP contribution in [0, 0.1) is 6.92 Å². The van der Waals surface area contributed by atoms with E-state index in [9.17, 15) is 4.79 Å². The molecule has 0 N–H and O–H groups in total. The number of nitrogens with zero attached hydrogens (tertiary/aromatic N) is 3. The van der Waals surface area contributed by atoms with Crippen LogP contribution in [-0.2, 0) is 18.4 Å². The highest BCUT2D eigenvalue weighted by Gasteiger charge is 2.10. The summed E-state index contributed by atoms with van der Waals surface area (Å²) >= 11 is 6.18. The summed E-state index contributed by atoms with van der Waals surface area (Å²) in [6.07, 6.45) is 19.6. The molecule has 192 valence electrons. The van der Waals surface area contributed by atoms with Gasteiger partial charge in [0.05, 0.1) is 5.69 Å². The predicted molar refractivity (Wildman–Crippen MR) is 160 cm³/mol. The van der Waals surface area contributed by atoms with Gasteiger partial charge in [-0.15, -0.1) is 0 Å². The Kier molecular flexibility index (Phi) is 9.12. The maximum atomic E-state index is 11.3. The average molecular weight is 522 g/mol. The molecule has 0 atom stereocenters. The van der Waals surface area contributed by atoms with Crippen LogP contribution in [0.1, 0.15) is 30.3 Å². The van der Waals surface area contributed by atoms with Crippen molar-refractivity contribution in [2.75, 3.05) is 0 Å². The largest absolute Gasteiger partial charge is 0.351 e. The lowest BCUT2D eigenvalue weighted by Gasteiger charge is -2.04.